The molecule has 0 aliphatic carbocycles. The molecule has 0 amide bonds. The molecule has 6 heteroatoms. The number of nitrogen functional groups attached to an aromatic ring is 2. The highest BCUT2D eigenvalue weighted by molar-refractivity contribution is 5.80. The van der Waals surface area contributed by atoms with E-state index in [-0.39, 0.29) is 0 Å². The molecule has 0 aliphatic heterocycles. The van der Waals surface area contributed by atoms with Crippen LogP contribution in [0, 0.1) is 0 Å². The van der Waals surface area contributed by atoms with Crippen LogP contribution in [-0.4, -0.2) is 9.66 Å². The van der Waals surface area contributed by atoms with Crippen molar-refractivity contribution in [3.8, 4) is 0 Å². The van der Waals surface area contributed by atoms with Crippen LogP contribution in [0.4, 0.5) is 5.69 Å². The summed E-state index contributed by atoms with van der Waals surface area (Å²) in [7, 11) is 0. The zero-order valence-electron chi connectivity index (χ0n) is 7.15. The molecule has 0 radical (unpaired) electrons. The number of anilines is 1. The molecule has 0 saturated heterocycles. The van der Waals surface area contributed by atoms with Crippen molar-refractivity contribution in [2.24, 2.45) is 0 Å². The molecule has 1 aromatic heterocycles. The molecule has 0 saturated carbocycles. The minimum atomic E-state index is -0.646. The van der Waals surface area contributed by atoms with Crippen molar-refractivity contribution in [2.75, 3.05) is 11.6 Å². The number of aromatic nitrogens is 2. The fraction of sp³-hybridized carbons (Fsp3) is 0. The summed E-state index contributed by atoms with van der Waals surface area (Å²) in [5.74, 6) is 5.22. The zero-order valence-corrected chi connectivity index (χ0v) is 7.15. The number of rotatable bonds is 0. The zero-order chi connectivity index (χ0) is 10.3. The largest absolute Gasteiger partial charge is 0.399 e. The Kier molecular flexibility index (Phi) is 1.57. The van der Waals surface area contributed by atoms with Crippen molar-refractivity contribution in [3.63, 3.8) is 0 Å². The molecule has 0 fully saturated rings. The standard InChI is InChI=1S/C8H8N4O2/c9-4-1-2-6-5(3-4)7(13)12(10)8(14)11-6/h1-3H,9-10H2,(H,11,14). The number of H-pyrrole nitrogens is 1. The summed E-state index contributed by atoms with van der Waals surface area (Å²) >= 11 is 0. The molecule has 0 atom stereocenters. The first-order chi connectivity index (χ1) is 6.59. The van der Waals surface area contributed by atoms with Crippen molar-refractivity contribution >= 4 is 16.6 Å². The van der Waals surface area contributed by atoms with Gasteiger partial charge in [-0.05, 0) is 18.2 Å². The Labute approximate surface area is 77.7 Å². The van der Waals surface area contributed by atoms with Gasteiger partial charge in [-0.25, -0.2) is 4.79 Å². The van der Waals surface area contributed by atoms with Crippen LogP contribution in [-0.2, 0) is 0 Å². The lowest BCUT2D eigenvalue weighted by atomic mass is 10.2. The molecule has 14 heavy (non-hydrogen) atoms. The lowest BCUT2D eigenvalue weighted by Gasteiger charge is -2.00. The first-order valence-corrected chi connectivity index (χ1v) is 3.89. The van der Waals surface area contributed by atoms with Crippen LogP contribution in [0.5, 0.6) is 0 Å². The second-order valence-electron chi connectivity index (χ2n) is 2.91. The van der Waals surface area contributed by atoms with Gasteiger partial charge in [0.2, 0.25) is 0 Å². The summed E-state index contributed by atoms with van der Waals surface area (Å²) < 4.78 is 0.516. The van der Waals surface area contributed by atoms with Crippen LogP contribution in [0.2, 0.25) is 0 Å². The lowest BCUT2D eigenvalue weighted by molar-refractivity contribution is 0.856. The molecule has 2 rings (SSSR count). The number of fused-ring (bicyclic) bond motifs is 1. The van der Waals surface area contributed by atoms with Gasteiger partial charge in [0.05, 0.1) is 10.9 Å². The van der Waals surface area contributed by atoms with E-state index in [1.54, 1.807) is 12.1 Å². The molecule has 72 valence electrons. The van der Waals surface area contributed by atoms with Gasteiger partial charge in [-0.3, -0.25) is 4.79 Å². The maximum atomic E-state index is 11.5. The van der Waals surface area contributed by atoms with Crippen LogP contribution in [0.3, 0.4) is 0 Å². The Morgan fingerprint density at radius 3 is 2.71 bits per heavy atom. The first-order valence-electron chi connectivity index (χ1n) is 3.89. The second-order valence-corrected chi connectivity index (χ2v) is 2.91. The lowest BCUT2D eigenvalue weighted by Crippen LogP contribution is -2.40. The number of benzene rings is 1. The van der Waals surface area contributed by atoms with Gasteiger partial charge < -0.3 is 16.6 Å². The average molecular weight is 192 g/mol. The number of hydrogen-bond donors (Lipinski definition) is 3. The summed E-state index contributed by atoms with van der Waals surface area (Å²) in [5, 5.41) is 0.298. The van der Waals surface area contributed by atoms with Gasteiger partial charge in [0.1, 0.15) is 0 Å². The highest BCUT2D eigenvalue weighted by Crippen LogP contribution is 2.09. The summed E-state index contributed by atoms with van der Waals surface area (Å²) in [6.07, 6.45) is 0. The quantitative estimate of drug-likeness (QED) is 0.367. The van der Waals surface area contributed by atoms with Crippen LogP contribution in [0.25, 0.3) is 10.9 Å². The molecular formula is C8H8N4O2. The van der Waals surface area contributed by atoms with E-state index in [1.807, 2.05) is 0 Å². The summed E-state index contributed by atoms with van der Waals surface area (Å²) in [6.45, 7) is 0. The molecule has 1 heterocycles. The van der Waals surface area contributed by atoms with Gasteiger partial charge in [0, 0.05) is 5.69 Å². The molecule has 0 spiro atoms. The molecule has 6 nitrogen and oxygen atoms in total. The maximum Gasteiger partial charge on any atom is 0.347 e. The fourth-order valence-corrected chi connectivity index (χ4v) is 1.25. The van der Waals surface area contributed by atoms with E-state index in [2.05, 4.69) is 4.98 Å². The molecular weight excluding hydrogens is 184 g/mol. The normalized spacial score (nSPS) is 10.6. The molecule has 0 aliphatic rings. The van der Waals surface area contributed by atoms with Crippen molar-refractivity contribution in [3.05, 3.63) is 39.0 Å². The van der Waals surface area contributed by atoms with E-state index in [4.69, 9.17) is 11.6 Å². The van der Waals surface area contributed by atoms with Crippen molar-refractivity contribution in [1.82, 2.24) is 9.66 Å². The third-order valence-corrected chi connectivity index (χ3v) is 1.95. The predicted octanol–water partition coefficient (Wildman–Crippen LogP) is -1.01. The van der Waals surface area contributed by atoms with Crippen molar-refractivity contribution in [1.29, 1.82) is 0 Å². The number of nitrogens with zero attached hydrogens (tertiary/aromatic N) is 1. The Bertz CT molecular complexity index is 611. The number of nitrogens with one attached hydrogen (secondary N) is 1. The Morgan fingerprint density at radius 2 is 2.00 bits per heavy atom. The maximum absolute atomic E-state index is 11.5. The van der Waals surface area contributed by atoms with Crippen molar-refractivity contribution < 1.29 is 0 Å². The SMILES string of the molecule is Nc1ccc2[nH]c(=O)n(N)c(=O)c2c1. The molecule has 0 bridgehead atoms. The van der Waals surface area contributed by atoms with Gasteiger partial charge in [-0.15, -0.1) is 0 Å². The van der Waals surface area contributed by atoms with Gasteiger partial charge in [0.15, 0.2) is 0 Å². The monoisotopic (exact) mass is 192 g/mol. The van der Waals surface area contributed by atoms with E-state index in [0.29, 0.717) is 21.3 Å². The molecule has 1 aromatic carbocycles. The summed E-state index contributed by atoms with van der Waals surface area (Å²) in [4.78, 5) is 25.0. The third-order valence-electron chi connectivity index (χ3n) is 1.95. The van der Waals surface area contributed by atoms with E-state index in [9.17, 15) is 9.59 Å². The predicted molar refractivity (Wildman–Crippen MR) is 53.4 cm³/mol. The first kappa shape index (κ1) is 8.36. The highest BCUT2D eigenvalue weighted by Gasteiger charge is 2.04. The van der Waals surface area contributed by atoms with E-state index in [0.717, 1.165) is 0 Å². The molecule has 2 aromatic rings. The average Bonchev–Trinajstić information content (AvgIpc) is 2.16. The summed E-state index contributed by atoms with van der Waals surface area (Å²) in [5.41, 5.74) is 5.17. The van der Waals surface area contributed by atoms with E-state index in [1.165, 1.54) is 6.07 Å². The van der Waals surface area contributed by atoms with E-state index < -0.39 is 11.2 Å². The molecule has 0 unspecified atom stereocenters. The van der Waals surface area contributed by atoms with Gasteiger partial charge in [0.25, 0.3) is 5.56 Å². The van der Waals surface area contributed by atoms with Gasteiger partial charge in [-0.1, -0.05) is 0 Å². The fourth-order valence-electron chi connectivity index (χ4n) is 1.25. The van der Waals surface area contributed by atoms with Crippen LogP contribution < -0.4 is 22.8 Å². The van der Waals surface area contributed by atoms with Gasteiger partial charge >= 0.3 is 5.69 Å². The number of hydrogen-bond acceptors (Lipinski definition) is 4. The van der Waals surface area contributed by atoms with E-state index >= 15 is 0 Å². The van der Waals surface area contributed by atoms with Crippen LogP contribution >= 0.6 is 0 Å². The van der Waals surface area contributed by atoms with Gasteiger partial charge in [-0.2, -0.15) is 4.68 Å². The second kappa shape index (κ2) is 2.63. The van der Waals surface area contributed by atoms with Crippen LogP contribution in [0.15, 0.2) is 27.8 Å². The smallest absolute Gasteiger partial charge is 0.347 e. The Morgan fingerprint density at radius 1 is 1.29 bits per heavy atom. The molecule has 5 N–H and O–H groups in total. The third kappa shape index (κ3) is 1.05. The minimum Gasteiger partial charge on any atom is -0.399 e. The highest BCUT2D eigenvalue weighted by atomic mass is 16.2. The Hall–Kier alpha value is -2.24. The van der Waals surface area contributed by atoms with Crippen molar-refractivity contribution in [2.45, 2.75) is 0 Å². The Balaban J connectivity index is 3.07. The number of nitrogens with two attached hydrogens (primary N) is 2. The topological polar surface area (TPSA) is 107 Å². The summed E-state index contributed by atoms with van der Waals surface area (Å²) in [6, 6.07) is 4.63. The minimum absolute atomic E-state index is 0.298. The number of aromatic amines is 1. The van der Waals surface area contributed by atoms with Crippen LogP contribution in [0.1, 0.15) is 0 Å².